The zero-order chi connectivity index (χ0) is 22.6. The second-order valence-corrected chi connectivity index (χ2v) is 10.00. The van der Waals surface area contributed by atoms with Gasteiger partial charge >= 0.3 is 0 Å². The number of nitrogens with zero attached hydrogens (tertiary/aromatic N) is 2. The largest absolute Gasteiger partial charge is 0.462 e. The van der Waals surface area contributed by atoms with E-state index in [0.29, 0.717) is 12.3 Å². The SMILES string of the molecule is O=C1CSC(c2cnccc2-c2ccc(Br)cc2)N1CC(Cc1ccccc1)C1=COCO1. The number of benzene rings is 2. The number of amides is 1. The van der Waals surface area contributed by atoms with Crippen molar-refractivity contribution >= 4 is 33.6 Å². The summed E-state index contributed by atoms with van der Waals surface area (Å²) in [6.07, 6.45) is 6.15. The molecule has 1 amide bonds. The van der Waals surface area contributed by atoms with Crippen LogP contribution < -0.4 is 0 Å². The number of hydrogen-bond donors (Lipinski definition) is 0. The molecule has 1 aromatic heterocycles. The zero-order valence-corrected chi connectivity index (χ0v) is 20.3. The zero-order valence-electron chi connectivity index (χ0n) is 17.9. The van der Waals surface area contributed by atoms with Crippen LogP contribution in [0.25, 0.3) is 11.1 Å². The van der Waals surface area contributed by atoms with Gasteiger partial charge in [0.25, 0.3) is 0 Å². The van der Waals surface area contributed by atoms with Gasteiger partial charge in [0.1, 0.15) is 17.4 Å². The van der Waals surface area contributed by atoms with Crippen molar-refractivity contribution < 1.29 is 14.3 Å². The van der Waals surface area contributed by atoms with Crippen molar-refractivity contribution in [3.05, 3.63) is 101 Å². The first-order valence-electron chi connectivity index (χ1n) is 10.8. The molecule has 2 aliphatic heterocycles. The lowest BCUT2D eigenvalue weighted by Gasteiger charge is -2.29. The topological polar surface area (TPSA) is 51.7 Å². The van der Waals surface area contributed by atoms with Gasteiger partial charge in [-0.25, -0.2) is 0 Å². The van der Waals surface area contributed by atoms with Crippen molar-refractivity contribution in [2.24, 2.45) is 5.92 Å². The van der Waals surface area contributed by atoms with E-state index >= 15 is 0 Å². The maximum Gasteiger partial charge on any atom is 0.233 e. The molecular weight excluding hydrogens is 500 g/mol. The lowest BCUT2D eigenvalue weighted by molar-refractivity contribution is -0.128. The molecule has 0 saturated carbocycles. The Hall–Kier alpha value is -2.77. The second-order valence-electron chi connectivity index (χ2n) is 8.02. The summed E-state index contributed by atoms with van der Waals surface area (Å²) in [6, 6.07) is 20.5. The maximum atomic E-state index is 13.0. The van der Waals surface area contributed by atoms with Gasteiger partial charge in [0.05, 0.1) is 5.75 Å². The standard InChI is InChI=1S/C26H23BrN2O3S/c27-21-8-6-19(7-9-21)22-10-11-28-13-23(22)26-29(25(30)16-33-26)14-20(24-15-31-17-32-24)12-18-4-2-1-3-5-18/h1-11,13,15,20,26H,12,14,16-17H2. The predicted molar refractivity (Wildman–Crippen MR) is 133 cm³/mol. The molecule has 5 nitrogen and oxygen atoms in total. The molecule has 1 saturated heterocycles. The van der Waals surface area contributed by atoms with Gasteiger partial charge in [-0.05, 0) is 41.3 Å². The quantitative estimate of drug-likeness (QED) is 0.393. The van der Waals surface area contributed by atoms with E-state index in [1.165, 1.54) is 5.56 Å². The molecule has 168 valence electrons. The summed E-state index contributed by atoms with van der Waals surface area (Å²) in [5, 5.41) is -0.106. The number of halogens is 1. The molecule has 2 unspecified atom stereocenters. The van der Waals surface area contributed by atoms with Gasteiger partial charge in [-0.3, -0.25) is 9.78 Å². The minimum Gasteiger partial charge on any atom is -0.462 e. The number of carbonyl (C=O) groups excluding carboxylic acids is 1. The maximum absolute atomic E-state index is 13.0. The molecule has 3 heterocycles. The Morgan fingerprint density at radius 3 is 2.70 bits per heavy atom. The third-order valence-electron chi connectivity index (χ3n) is 5.88. The van der Waals surface area contributed by atoms with Crippen LogP contribution in [0.4, 0.5) is 0 Å². The highest BCUT2D eigenvalue weighted by atomic mass is 79.9. The van der Waals surface area contributed by atoms with Crippen LogP contribution in [0.3, 0.4) is 0 Å². The number of aromatic nitrogens is 1. The first kappa shape index (κ1) is 22.0. The molecular formula is C26H23BrN2O3S. The van der Waals surface area contributed by atoms with Crippen molar-refractivity contribution in [3.8, 4) is 11.1 Å². The molecule has 2 atom stereocenters. The van der Waals surface area contributed by atoms with Gasteiger partial charge in [-0.1, -0.05) is 58.4 Å². The van der Waals surface area contributed by atoms with Crippen LogP contribution in [0.5, 0.6) is 0 Å². The third-order valence-corrected chi connectivity index (χ3v) is 7.65. The molecule has 0 spiro atoms. The fourth-order valence-corrected chi connectivity index (χ4v) is 5.74. The molecule has 5 rings (SSSR count). The molecule has 2 aliphatic rings. The Bertz CT molecular complexity index is 1150. The Morgan fingerprint density at radius 2 is 1.94 bits per heavy atom. The molecule has 33 heavy (non-hydrogen) atoms. The molecule has 0 aliphatic carbocycles. The van der Waals surface area contributed by atoms with E-state index in [-0.39, 0.29) is 24.0 Å². The van der Waals surface area contributed by atoms with E-state index in [1.807, 2.05) is 47.5 Å². The highest BCUT2D eigenvalue weighted by Crippen LogP contribution is 2.43. The predicted octanol–water partition coefficient (Wildman–Crippen LogP) is 5.79. The molecule has 2 aromatic carbocycles. The molecule has 0 bridgehead atoms. The van der Waals surface area contributed by atoms with Crippen LogP contribution in [0, 0.1) is 5.92 Å². The summed E-state index contributed by atoms with van der Waals surface area (Å²) in [7, 11) is 0. The fraction of sp³-hybridized carbons (Fsp3) is 0.231. The van der Waals surface area contributed by atoms with E-state index in [2.05, 4.69) is 45.2 Å². The number of ether oxygens (including phenoxy) is 2. The highest BCUT2D eigenvalue weighted by Gasteiger charge is 2.37. The van der Waals surface area contributed by atoms with Crippen molar-refractivity contribution in [1.82, 2.24) is 9.88 Å². The van der Waals surface area contributed by atoms with Gasteiger partial charge in [0.15, 0.2) is 0 Å². The van der Waals surface area contributed by atoms with Gasteiger partial charge in [0.2, 0.25) is 12.7 Å². The number of pyridine rings is 1. The summed E-state index contributed by atoms with van der Waals surface area (Å²) in [6.45, 7) is 0.776. The Morgan fingerprint density at radius 1 is 1.12 bits per heavy atom. The van der Waals surface area contributed by atoms with Crippen LogP contribution in [-0.2, 0) is 20.7 Å². The average molecular weight is 523 g/mol. The minimum atomic E-state index is -0.106. The average Bonchev–Trinajstić information content (AvgIpc) is 3.51. The smallest absolute Gasteiger partial charge is 0.233 e. The fourth-order valence-electron chi connectivity index (χ4n) is 4.26. The van der Waals surface area contributed by atoms with Crippen LogP contribution in [0.1, 0.15) is 16.5 Å². The van der Waals surface area contributed by atoms with Crippen LogP contribution in [0.15, 0.2) is 89.6 Å². The summed E-state index contributed by atoms with van der Waals surface area (Å²) >= 11 is 5.16. The van der Waals surface area contributed by atoms with Crippen molar-refractivity contribution in [2.45, 2.75) is 11.8 Å². The van der Waals surface area contributed by atoms with Crippen LogP contribution in [0.2, 0.25) is 0 Å². The normalized spacial score (nSPS) is 18.6. The summed E-state index contributed by atoms with van der Waals surface area (Å²) < 4.78 is 12.1. The Kier molecular flexibility index (Phi) is 6.69. The first-order valence-corrected chi connectivity index (χ1v) is 12.6. The summed E-state index contributed by atoms with van der Waals surface area (Å²) in [4.78, 5) is 19.4. The van der Waals surface area contributed by atoms with Crippen molar-refractivity contribution in [1.29, 1.82) is 0 Å². The summed E-state index contributed by atoms with van der Waals surface area (Å²) in [5.74, 6) is 1.39. The highest BCUT2D eigenvalue weighted by molar-refractivity contribution is 9.10. The summed E-state index contributed by atoms with van der Waals surface area (Å²) in [5.41, 5.74) is 4.44. The molecule has 0 radical (unpaired) electrons. The number of carbonyl (C=O) groups is 1. The monoisotopic (exact) mass is 522 g/mol. The molecule has 1 fully saturated rings. The van der Waals surface area contributed by atoms with E-state index in [0.717, 1.165) is 33.3 Å². The van der Waals surface area contributed by atoms with E-state index < -0.39 is 0 Å². The minimum absolute atomic E-state index is 0.00727. The molecule has 7 heteroatoms. The Balaban J connectivity index is 1.45. The lowest BCUT2D eigenvalue weighted by Crippen LogP contribution is -2.35. The van der Waals surface area contributed by atoms with Gasteiger partial charge in [-0.2, -0.15) is 0 Å². The van der Waals surface area contributed by atoms with Crippen molar-refractivity contribution in [2.75, 3.05) is 19.1 Å². The number of hydrogen-bond acceptors (Lipinski definition) is 5. The Labute approximate surface area is 205 Å². The van der Waals surface area contributed by atoms with E-state index in [1.54, 1.807) is 24.2 Å². The van der Waals surface area contributed by atoms with E-state index in [9.17, 15) is 4.79 Å². The van der Waals surface area contributed by atoms with Crippen LogP contribution >= 0.6 is 27.7 Å². The van der Waals surface area contributed by atoms with E-state index in [4.69, 9.17) is 9.47 Å². The third kappa shape index (κ3) is 4.94. The molecule has 0 N–H and O–H groups in total. The first-order chi connectivity index (χ1) is 16.2. The second kappa shape index (κ2) is 10.0. The van der Waals surface area contributed by atoms with Gasteiger partial charge in [-0.15, -0.1) is 11.8 Å². The van der Waals surface area contributed by atoms with Gasteiger partial charge < -0.3 is 14.4 Å². The number of rotatable bonds is 7. The molecule has 3 aromatic rings. The van der Waals surface area contributed by atoms with Crippen molar-refractivity contribution in [3.63, 3.8) is 0 Å². The number of thioether (sulfide) groups is 1. The van der Waals surface area contributed by atoms with Gasteiger partial charge in [0, 0.05) is 34.9 Å². The lowest BCUT2D eigenvalue weighted by atomic mass is 9.96. The van der Waals surface area contributed by atoms with Crippen LogP contribution in [-0.4, -0.2) is 34.9 Å².